The van der Waals surface area contributed by atoms with Gasteiger partial charge in [-0.15, -0.1) is 0 Å². The fourth-order valence-electron chi connectivity index (χ4n) is 1.04. The Balaban J connectivity index is 2.85. The standard InChI is InChI=1S/C9H10FN3O/c1-6-2-3-7(4-8(6)10)9(14)5-12-13-11/h2-4,9,14H,5H2,1H3. The predicted molar refractivity (Wildman–Crippen MR) is 50.1 cm³/mol. The molecule has 1 aromatic rings. The summed E-state index contributed by atoms with van der Waals surface area (Å²) < 4.78 is 13.0. The zero-order chi connectivity index (χ0) is 10.6. The molecular weight excluding hydrogens is 185 g/mol. The van der Waals surface area contributed by atoms with E-state index in [9.17, 15) is 9.50 Å². The van der Waals surface area contributed by atoms with E-state index < -0.39 is 6.10 Å². The summed E-state index contributed by atoms with van der Waals surface area (Å²) in [6.07, 6.45) is -0.944. The van der Waals surface area contributed by atoms with Gasteiger partial charge in [0, 0.05) is 4.91 Å². The van der Waals surface area contributed by atoms with Gasteiger partial charge in [0.1, 0.15) is 5.82 Å². The summed E-state index contributed by atoms with van der Waals surface area (Å²) in [5.74, 6) is -0.373. The zero-order valence-electron chi connectivity index (χ0n) is 7.68. The molecule has 0 heterocycles. The lowest BCUT2D eigenvalue weighted by atomic mass is 10.1. The van der Waals surface area contributed by atoms with Crippen molar-refractivity contribution in [1.29, 1.82) is 0 Å². The van der Waals surface area contributed by atoms with Crippen molar-refractivity contribution in [1.82, 2.24) is 0 Å². The highest BCUT2D eigenvalue weighted by molar-refractivity contribution is 5.25. The summed E-state index contributed by atoms with van der Waals surface area (Å²) >= 11 is 0. The van der Waals surface area contributed by atoms with Crippen LogP contribution in [-0.4, -0.2) is 11.7 Å². The van der Waals surface area contributed by atoms with Crippen LogP contribution in [0, 0.1) is 12.7 Å². The quantitative estimate of drug-likeness (QED) is 0.449. The minimum absolute atomic E-state index is 0.0843. The zero-order valence-corrected chi connectivity index (χ0v) is 7.68. The first kappa shape index (κ1) is 10.5. The highest BCUT2D eigenvalue weighted by atomic mass is 19.1. The van der Waals surface area contributed by atoms with E-state index in [1.165, 1.54) is 6.07 Å². The molecule has 0 saturated carbocycles. The van der Waals surface area contributed by atoms with Gasteiger partial charge >= 0.3 is 0 Å². The van der Waals surface area contributed by atoms with Gasteiger partial charge in [-0.05, 0) is 29.6 Å². The summed E-state index contributed by atoms with van der Waals surface area (Å²) in [6, 6.07) is 4.42. The van der Waals surface area contributed by atoms with E-state index >= 15 is 0 Å². The van der Waals surface area contributed by atoms with Gasteiger partial charge in [-0.3, -0.25) is 0 Å². The smallest absolute Gasteiger partial charge is 0.126 e. The van der Waals surface area contributed by atoms with E-state index in [1.807, 2.05) is 0 Å². The Hall–Kier alpha value is -1.58. The number of hydrogen-bond acceptors (Lipinski definition) is 2. The molecule has 1 unspecified atom stereocenters. The Morgan fingerprint density at radius 2 is 2.36 bits per heavy atom. The van der Waals surface area contributed by atoms with E-state index in [0.717, 1.165) is 0 Å². The summed E-state index contributed by atoms with van der Waals surface area (Å²) in [6.45, 7) is 1.55. The molecule has 0 bridgehead atoms. The van der Waals surface area contributed by atoms with Crippen LogP contribution in [0.15, 0.2) is 23.3 Å². The number of rotatable bonds is 3. The lowest BCUT2D eigenvalue weighted by Crippen LogP contribution is -2.01. The lowest BCUT2D eigenvalue weighted by Gasteiger charge is -2.08. The van der Waals surface area contributed by atoms with Gasteiger partial charge < -0.3 is 5.11 Å². The number of nitrogens with zero attached hydrogens (tertiary/aromatic N) is 3. The van der Waals surface area contributed by atoms with Crippen LogP contribution in [0.1, 0.15) is 17.2 Å². The highest BCUT2D eigenvalue weighted by Gasteiger charge is 2.07. The van der Waals surface area contributed by atoms with Crippen molar-refractivity contribution in [3.8, 4) is 0 Å². The molecule has 0 fully saturated rings. The Labute approximate surface area is 80.6 Å². The van der Waals surface area contributed by atoms with Gasteiger partial charge in [0.2, 0.25) is 0 Å². The average molecular weight is 195 g/mol. The van der Waals surface area contributed by atoms with Crippen molar-refractivity contribution in [2.24, 2.45) is 5.11 Å². The van der Waals surface area contributed by atoms with E-state index in [1.54, 1.807) is 19.1 Å². The van der Waals surface area contributed by atoms with E-state index in [2.05, 4.69) is 10.0 Å². The molecule has 0 aliphatic rings. The Bertz CT molecular complexity index is 374. The van der Waals surface area contributed by atoms with Gasteiger partial charge in [-0.2, -0.15) is 0 Å². The Morgan fingerprint density at radius 3 is 2.93 bits per heavy atom. The monoisotopic (exact) mass is 195 g/mol. The maximum absolute atomic E-state index is 13.0. The molecule has 1 atom stereocenters. The van der Waals surface area contributed by atoms with E-state index in [0.29, 0.717) is 11.1 Å². The number of halogens is 1. The normalized spacial score (nSPS) is 11.9. The number of aliphatic hydroxyl groups is 1. The molecule has 14 heavy (non-hydrogen) atoms. The SMILES string of the molecule is Cc1ccc(C(O)CN=[N+]=[N-])cc1F. The largest absolute Gasteiger partial charge is 0.388 e. The van der Waals surface area contributed by atoms with Gasteiger partial charge in [-0.1, -0.05) is 17.2 Å². The first-order chi connectivity index (χ1) is 6.65. The van der Waals surface area contributed by atoms with E-state index in [4.69, 9.17) is 5.53 Å². The third-order valence-corrected chi connectivity index (χ3v) is 1.90. The molecule has 0 radical (unpaired) electrons. The molecule has 0 aliphatic carbocycles. The van der Waals surface area contributed by atoms with Crippen molar-refractivity contribution in [3.63, 3.8) is 0 Å². The van der Waals surface area contributed by atoms with Crippen LogP contribution in [0.25, 0.3) is 10.4 Å². The molecule has 4 nitrogen and oxygen atoms in total. The van der Waals surface area contributed by atoms with E-state index in [-0.39, 0.29) is 12.4 Å². The van der Waals surface area contributed by atoms with Crippen LogP contribution in [0.3, 0.4) is 0 Å². The number of aryl methyl sites for hydroxylation is 1. The summed E-state index contributed by atoms with van der Waals surface area (Å²) in [5, 5.41) is 12.6. The van der Waals surface area contributed by atoms with Crippen molar-refractivity contribution in [2.75, 3.05) is 6.54 Å². The minimum atomic E-state index is -0.944. The summed E-state index contributed by atoms with van der Waals surface area (Å²) in [5.41, 5.74) is 8.97. The number of azide groups is 1. The van der Waals surface area contributed by atoms with Gasteiger partial charge in [-0.25, -0.2) is 4.39 Å². The topological polar surface area (TPSA) is 69.0 Å². The molecule has 0 aliphatic heterocycles. The van der Waals surface area contributed by atoms with Crippen LogP contribution >= 0.6 is 0 Å². The molecule has 0 aromatic heterocycles. The maximum atomic E-state index is 13.0. The maximum Gasteiger partial charge on any atom is 0.126 e. The van der Waals surface area contributed by atoms with Crippen molar-refractivity contribution in [3.05, 3.63) is 45.6 Å². The van der Waals surface area contributed by atoms with Gasteiger partial charge in [0.25, 0.3) is 0 Å². The molecule has 1 aromatic carbocycles. The fourth-order valence-corrected chi connectivity index (χ4v) is 1.04. The second-order valence-electron chi connectivity index (χ2n) is 2.94. The summed E-state index contributed by atoms with van der Waals surface area (Å²) in [7, 11) is 0. The average Bonchev–Trinajstić information content (AvgIpc) is 2.18. The molecule has 0 spiro atoms. The van der Waals surface area contributed by atoms with Crippen LogP contribution in [-0.2, 0) is 0 Å². The second-order valence-corrected chi connectivity index (χ2v) is 2.94. The molecule has 1 N–H and O–H groups in total. The van der Waals surface area contributed by atoms with Crippen LogP contribution in [0.4, 0.5) is 4.39 Å². The Morgan fingerprint density at radius 1 is 1.64 bits per heavy atom. The predicted octanol–water partition coefficient (Wildman–Crippen LogP) is 2.48. The van der Waals surface area contributed by atoms with Crippen LogP contribution in [0.5, 0.6) is 0 Å². The highest BCUT2D eigenvalue weighted by Crippen LogP contribution is 2.16. The third kappa shape index (κ3) is 2.45. The third-order valence-electron chi connectivity index (χ3n) is 1.90. The van der Waals surface area contributed by atoms with Gasteiger partial charge in [0.05, 0.1) is 12.6 Å². The van der Waals surface area contributed by atoms with Crippen molar-refractivity contribution >= 4 is 0 Å². The van der Waals surface area contributed by atoms with Crippen LogP contribution < -0.4 is 0 Å². The second kappa shape index (κ2) is 4.60. The Kier molecular flexibility index (Phi) is 3.45. The first-order valence-corrected chi connectivity index (χ1v) is 4.10. The molecule has 5 heteroatoms. The number of aliphatic hydroxyl groups excluding tert-OH is 1. The first-order valence-electron chi connectivity index (χ1n) is 4.10. The van der Waals surface area contributed by atoms with Gasteiger partial charge in [0.15, 0.2) is 0 Å². The molecule has 0 amide bonds. The van der Waals surface area contributed by atoms with Crippen LogP contribution in [0.2, 0.25) is 0 Å². The summed E-state index contributed by atoms with van der Waals surface area (Å²) in [4.78, 5) is 2.51. The lowest BCUT2D eigenvalue weighted by molar-refractivity contribution is 0.186. The number of hydrogen-bond donors (Lipinski definition) is 1. The fraction of sp³-hybridized carbons (Fsp3) is 0.333. The minimum Gasteiger partial charge on any atom is -0.388 e. The molecule has 1 rings (SSSR count). The molecule has 74 valence electrons. The molecular formula is C9H10FN3O. The number of benzene rings is 1. The molecule has 0 saturated heterocycles. The van der Waals surface area contributed by atoms with Crippen molar-refractivity contribution < 1.29 is 9.50 Å². The van der Waals surface area contributed by atoms with Crippen molar-refractivity contribution in [2.45, 2.75) is 13.0 Å².